The van der Waals surface area contributed by atoms with Crippen molar-refractivity contribution in [3.05, 3.63) is 35.4 Å². The molecule has 1 aromatic carbocycles. The van der Waals surface area contributed by atoms with E-state index in [2.05, 4.69) is 5.32 Å². The van der Waals surface area contributed by atoms with Gasteiger partial charge in [-0.25, -0.2) is 0 Å². The first-order chi connectivity index (χ1) is 7.27. The fourth-order valence-electron chi connectivity index (χ4n) is 1.23. The number of benzene rings is 1. The first-order valence-corrected chi connectivity index (χ1v) is 4.47. The maximum Gasteiger partial charge on any atom is 0.416 e. The molecule has 1 aromatic rings. The van der Waals surface area contributed by atoms with Crippen molar-refractivity contribution in [3.8, 4) is 0 Å². The van der Waals surface area contributed by atoms with Crippen LogP contribution in [0.4, 0.5) is 22.0 Å². The van der Waals surface area contributed by atoms with Gasteiger partial charge in [0.1, 0.15) is 0 Å². The molecular formula is C10H10F5N. The molecule has 0 unspecified atom stereocenters. The predicted octanol–water partition coefficient (Wildman–Crippen LogP) is 3.02. The van der Waals surface area contributed by atoms with Crippen LogP contribution in [0.15, 0.2) is 24.3 Å². The van der Waals surface area contributed by atoms with Gasteiger partial charge in [0, 0.05) is 5.56 Å². The lowest BCUT2D eigenvalue weighted by Crippen LogP contribution is -2.28. The third-order valence-electron chi connectivity index (χ3n) is 2.03. The summed E-state index contributed by atoms with van der Waals surface area (Å²) in [5, 5.41) is 2.28. The molecular weight excluding hydrogens is 229 g/mol. The Labute approximate surface area is 89.3 Å². The average Bonchev–Trinajstić information content (AvgIpc) is 2.16. The van der Waals surface area contributed by atoms with E-state index in [1.54, 1.807) is 0 Å². The molecule has 1 rings (SSSR count). The lowest BCUT2D eigenvalue weighted by Gasteiger charge is -2.16. The maximum absolute atomic E-state index is 13.2. The molecule has 0 spiro atoms. The smallest absolute Gasteiger partial charge is 0.314 e. The average molecular weight is 239 g/mol. The molecule has 0 radical (unpaired) electrons. The standard InChI is InChI=1S/C10H10F5N/c1-16-6-9(11,12)7-2-4-8(5-3-7)10(13,14)15/h2-5,16H,6H2,1H3. The van der Waals surface area contributed by atoms with Gasteiger partial charge in [-0.2, -0.15) is 22.0 Å². The van der Waals surface area contributed by atoms with Crippen LogP contribution in [0.25, 0.3) is 0 Å². The molecule has 0 aliphatic carbocycles. The minimum atomic E-state index is -4.50. The predicted molar refractivity (Wildman–Crippen MR) is 49.3 cm³/mol. The summed E-state index contributed by atoms with van der Waals surface area (Å²) < 4.78 is 63.0. The number of likely N-dealkylation sites (N-methyl/N-ethyl adjacent to an activating group) is 1. The van der Waals surface area contributed by atoms with Crippen molar-refractivity contribution < 1.29 is 22.0 Å². The van der Waals surface area contributed by atoms with E-state index in [1.165, 1.54) is 7.05 Å². The first-order valence-electron chi connectivity index (χ1n) is 4.47. The van der Waals surface area contributed by atoms with E-state index in [9.17, 15) is 22.0 Å². The SMILES string of the molecule is CNCC(F)(F)c1ccc(C(F)(F)F)cc1. The van der Waals surface area contributed by atoms with Crippen LogP contribution in [-0.4, -0.2) is 13.6 Å². The number of halogens is 5. The molecule has 90 valence electrons. The van der Waals surface area contributed by atoms with Crippen LogP contribution >= 0.6 is 0 Å². The van der Waals surface area contributed by atoms with Gasteiger partial charge >= 0.3 is 6.18 Å². The molecule has 0 saturated heterocycles. The molecule has 0 fully saturated rings. The molecule has 0 saturated carbocycles. The fraction of sp³-hybridized carbons (Fsp3) is 0.400. The summed E-state index contributed by atoms with van der Waals surface area (Å²) in [5.41, 5.74) is -1.37. The van der Waals surface area contributed by atoms with Gasteiger partial charge in [0.15, 0.2) is 0 Å². The molecule has 0 amide bonds. The lowest BCUT2D eigenvalue weighted by atomic mass is 10.1. The van der Waals surface area contributed by atoms with Crippen LogP contribution in [0.3, 0.4) is 0 Å². The third-order valence-corrected chi connectivity index (χ3v) is 2.03. The Balaban J connectivity index is 2.95. The molecule has 16 heavy (non-hydrogen) atoms. The zero-order chi connectivity index (χ0) is 12.4. The van der Waals surface area contributed by atoms with Crippen molar-refractivity contribution >= 4 is 0 Å². The normalized spacial score (nSPS) is 12.9. The molecule has 0 bridgehead atoms. The molecule has 6 heteroatoms. The van der Waals surface area contributed by atoms with Crippen molar-refractivity contribution in [2.75, 3.05) is 13.6 Å². The number of rotatable bonds is 3. The number of nitrogens with one attached hydrogen (secondary N) is 1. The van der Waals surface area contributed by atoms with Gasteiger partial charge < -0.3 is 5.32 Å². The Morgan fingerprint density at radius 2 is 1.38 bits per heavy atom. The highest BCUT2D eigenvalue weighted by Crippen LogP contribution is 2.32. The number of alkyl halides is 5. The maximum atomic E-state index is 13.2. The Kier molecular flexibility index (Phi) is 3.52. The summed E-state index contributed by atoms with van der Waals surface area (Å²) in [6.07, 6.45) is -4.50. The quantitative estimate of drug-likeness (QED) is 0.799. The zero-order valence-corrected chi connectivity index (χ0v) is 8.41. The zero-order valence-electron chi connectivity index (χ0n) is 8.41. The molecule has 0 aliphatic rings. The monoisotopic (exact) mass is 239 g/mol. The molecule has 0 heterocycles. The minimum Gasteiger partial charge on any atom is -0.314 e. The minimum absolute atomic E-state index is 0.435. The van der Waals surface area contributed by atoms with Gasteiger partial charge in [0.25, 0.3) is 5.92 Å². The highest BCUT2D eigenvalue weighted by Gasteiger charge is 2.33. The van der Waals surface area contributed by atoms with Gasteiger partial charge in [-0.05, 0) is 19.2 Å². The molecule has 0 aromatic heterocycles. The largest absolute Gasteiger partial charge is 0.416 e. The van der Waals surface area contributed by atoms with Crippen molar-refractivity contribution in [1.82, 2.24) is 5.32 Å². The summed E-state index contributed by atoms with van der Waals surface area (Å²) in [6.45, 7) is -0.613. The van der Waals surface area contributed by atoms with Gasteiger partial charge in [-0.3, -0.25) is 0 Å². The summed E-state index contributed by atoms with van der Waals surface area (Å²) in [4.78, 5) is 0. The summed E-state index contributed by atoms with van der Waals surface area (Å²) in [7, 11) is 1.35. The van der Waals surface area contributed by atoms with Gasteiger partial charge in [-0.15, -0.1) is 0 Å². The fourth-order valence-corrected chi connectivity index (χ4v) is 1.23. The molecule has 1 nitrogen and oxygen atoms in total. The highest BCUT2D eigenvalue weighted by molar-refractivity contribution is 5.27. The summed E-state index contributed by atoms with van der Waals surface area (Å²) in [6, 6.07) is 2.89. The number of hydrogen-bond acceptors (Lipinski definition) is 1. The molecule has 1 N–H and O–H groups in total. The van der Waals surface area contributed by atoms with Crippen LogP contribution < -0.4 is 5.32 Å². The van der Waals surface area contributed by atoms with Gasteiger partial charge in [0.05, 0.1) is 12.1 Å². The van der Waals surface area contributed by atoms with Crippen LogP contribution in [0.1, 0.15) is 11.1 Å². The molecule has 0 aliphatic heterocycles. The van der Waals surface area contributed by atoms with E-state index < -0.39 is 29.8 Å². The van der Waals surface area contributed by atoms with Crippen molar-refractivity contribution in [2.24, 2.45) is 0 Å². The van der Waals surface area contributed by atoms with Crippen molar-refractivity contribution in [1.29, 1.82) is 0 Å². The van der Waals surface area contributed by atoms with E-state index in [1.807, 2.05) is 0 Å². The van der Waals surface area contributed by atoms with E-state index in [4.69, 9.17) is 0 Å². The lowest BCUT2D eigenvalue weighted by molar-refractivity contribution is -0.137. The van der Waals surface area contributed by atoms with E-state index in [0.717, 1.165) is 12.1 Å². The third kappa shape index (κ3) is 2.91. The Bertz CT molecular complexity index is 341. The van der Waals surface area contributed by atoms with E-state index in [-0.39, 0.29) is 0 Å². The first kappa shape index (κ1) is 12.9. The topological polar surface area (TPSA) is 12.0 Å². The highest BCUT2D eigenvalue weighted by atomic mass is 19.4. The van der Waals surface area contributed by atoms with E-state index >= 15 is 0 Å². The van der Waals surface area contributed by atoms with Crippen molar-refractivity contribution in [3.63, 3.8) is 0 Å². The van der Waals surface area contributed by atoms with Crippen LogP contribution in [0.5, 0.6) is 0 Å². The van der Waals surface area contributed by atoms with E-state index in [0.29, 0.717) is 12.1 Å². The van der Waals surface area contributed by atoms with Gasteiger partial charge in [0.2, 0.25) is 0 Å². The van der Waals surface area contributed by atoms with Crippen molar-refractivity contribution in [2.45, 2.75) is 12.1 Å². The van der Waals surface area contributed by atoms with Crippen LogP contribution in [0.2, 0.25) is 0 Å². The molecule has 0 atom stereocenters. The second-order valence-corrected chi connectivity index (χ2v) is 3.31. The summed E-state index contributed by atoms with van der Waals surface area (Å²) >= 11 is 0. The second kappa shape index (κ2) is 4.37. The van der Waals surface area contributed by atoms with Gasteiger partial charge in [-0.1, -0.05) is 12.1 Å². The second-order valence-electron chi connectivity index (χ2n) is 3.31. The number of hydrogen-bond donors (Lipinski definition) is 1. The summed E-state index contributed by atoms with van der Waals surface area (Å²) in [5.74, 6) is -3.17. The van der Waals surface area contributed by atoms with Crippen LogP contribution in [0, 0.1) is 0 Å². The Morgan fingerprint density at radius 1 is 0.938 bits per heavy atom. The Morgan fingerprint density at radius 3 is 1.75 bits per heavy atom. The Hall–Kier alpha value is -1.17. The van der Waals surface area contributed by atoms with Crippen LogP contribution in [-0.2, 0) is 12.1 Å².